The smallest absolute Gasteiger partial charge is 0.0554 e. The first-order chi connectivity index (χ1) is 9.28. The van der Waals surface area contributed by atoms with E-state index in [2.05, 4.69) is 85.1 Å². The molecule has 0 bridgehead atoms. The van der Waals surface area contributed by atoms with Crippen molar-refractivity contribution in [2.45, 2.75) is 6.42 Å². The van der Waals surface area contributed by atoms with Gasteiger partial charge in [-0.3, -0.25) is 0 Å². The second-order valence-corrected chi connectivity index (χ2v) is 3.76. The summed E-state index contributed by atoms with van der Waals surface area (Å²) in [5, 5.41) is 14.7. The molecule has 96 valence electrons. The predicted octanol–water partition coefficient (Wildman–Crippen LogP) is 4.61. The quantitative estimate of drug-likeness (QED) is 0.625. The summed E-state index contributed by atoms with van der Waals surface area (Å²) in [6.07, 6.45) is 1.03. The molecule has 0 saturated carbocycles. The van der Waals surface area contributed by atoms with Crippen molar-refractivity contribution < 1.29 is 0 Å². The molecule has 0 aliphatic carbocycles. The second-order valence-electron chi connectivity index (χ2n) is 3.35. The first-order valence-electron chi connectivity index (χ1n) is 5.44. The molecule has 0 aliphatic heterocycles. The molecule has 2 rings (SSSR count). The summed E-state index contributed by atoms with van der Waals surface area (Å²) < 4.78 is 0. The van der Waals surface area contributed by atoms with Crippen LogP contribution in [-0.4, -0.2) is 10.3 Å². The van der Waals surface area contributed by atoms with Gasteiger partial charge in [-0.2, -0.15) is 0 Å². The monoisotopic (exact) mass is 286 g/mol. The molecule has 0 fully saturated rings. The summed E-state index contributed by atoms with van der Waals surface area (Å²) in [4.78, 5) is 0. The maximum absolute atomic E-state index is 5.77. The van der Waals surface area contributed by atoms with E-state index in [1.54, 1.807) is 10.3 Å². The molecule has 19 heavy (non-hydrogen) atoms. The van der Waals surface area contributed by atoms with E-state index in [4.69, 9.17) is 10.8 Å². The fourth-order valence-corrected chi connectivity index (χ4v) is 1.43. The molecule has 2 N–H and O–H groups in total. The Kier molecular flexibility index (Phi) is 11.2. The molecule has 0 heterocycles. The predicted molar refractivity (Wildman–Crippen MR) is 86.3 cm³/mol. The summed E-state index contributed by atoms with van der Waals surface area (Å²) >= 11 is 7.62. The average molecular weight is 286 g/mol. The maximum Gasteiger partial charge on any atom is 0.0554 e. The van der Waals surface area contributed by atoms with E-state index in [1.807, 2.05) is 0 Å². The van der Waals surface area contributed by atoms with Crippen LogP contribution in [0.15, 0.2) is 60.7 Å². The number of rotatable bonds is 2. The molecule has 2 aromatic carbocycles. The van der Waals surface area contributed by atoms with E-state index >= 15 is 0 Å². The summed E-state index contributed by atoms with van der Waals surface area (Å²) in [6.45, 7) is 0. The lowest BCUT2D eigenvalue weighted by molar-refractivity contribution is 1.19. The fourth-order valence-electron chi connectivity index (χ4n) is 1.43. The Morgan fingerprint density at radius 3 is 1.21 bits per heavy atom. The van der Waals surface area contributed by atoms with Gasteiger partial charge < -0.3 is 0 Å². The molecule has 2 nitrogen and oxygen atoms in total. The minimum absolute atomic E-state index is 1.03. The van der Waals surface area contributed by atoms with E-state index in [-0.39, 0.29) is 0 Å². The average Bonchev–Trinajstić information content (AvgIpc) is 2.43. The Bertz CT molecular complexity index is 463. The largest absolute Gasteiger partial charge is 0.248 e. The number of isothiocyanates is 2. The number of nitrogens with one attached hydrogen (secondary N) is 2. The van der Waals surface area contributed by atoms with Crippen LogP contribution in [0.1, 0.15) is 11.1 Å². The molecule has 0 amide bonds. The highest BCUT2D eigenvalue weighted by molar-refractivity contribution is 7.78. The third-order valence-electron chi connectivity index (χ3n) is 2.09. The standard InChI is InChI=1S/C13H12.2CHNS/c1-3-7-12(8-4-1)11-13-9-5-2-6-10-13;2*2-1-3/h1-10H,11H2;2*2H. The van der Waals surface area contributed by atoms with Crippen LogP contribution in [0.2, 0.25) is 0 Å². The van der Waals surface area contributed by atoms with Gasteiger partial charge in [-0.05, 0) is 42.0 Å². The first kappa shape index (κ1) is 17.0. The van der Waals surface area contributed by atoms with Crippen molar-refractivity contribution in [3.8, 4) is 0 Å². The fraction of sp³-hybridized carbons (Fsp3) is 0.0667. The SMILES string of the molecule is N=C=S.N=C=S.c1ccc(Cc2ccccc2)cc1. The number of hydrogen-bond donors (Lipinski definition) is 2. The summed E-state index contributed by atoms with van der Waals surface area (Å²) in [6, 6.07) is 21.1. The van der Waals surface area contributed by atoms with Gasteiger partial charge >= 0.3 is 0 Å². The second kappa shape index (κ2) is 12.5. The molecule has 0 unspecified atom stereocenters. The Morgan fingerprint density at radius 2 is 0.947 bits per heavy atom. The van der Waals surface area contributed by atoms with Crippen LogP contribution in [0, 0.1) is 10.8 Å². The molecular formula is C15H14N2S2. The van der Waals surface area contributed by atoms with Crippen molar-refractivity contribution in [2.75, 3.05) is 0 Å². The lowest BCUT2D eigenvalue weighted by Crippen LogP contribution is -1.85. The maximum atomic E-state index is 5.77. The minimum atomic E-state index is 1.03. The van der Waals surface area contributed by atoms with Crippen molar-refractivity contribution in [1.82, 2.24) is 0 Å². The van der Waals surface area contributed by atoms with Gasteiger partial charge in [0.2, 0.25) is 0 Å². The molecule has 0 aliphatic rings. The summed E-state index contributed by atoms with van der Waals surface area (Å²) in [5.41, 5.74) is 2.74. The van der Waals surface area contributed by atoms with E-state index in [9.17, 15) is 0 Å². The normalized spacial score (nSPS) is 7.58. The van der Waals surface area contributed by atoms with Crippen molar-refractivity contribution >= 4 is 34.8 Å². The highest BCUT2D eigenvalue weighted by atomic mass is 32.1. The highest BCUT2D eigenvalue weighted by Crippen LogP contribution is 2.07. The zero-order valence-electron chi connectivity index (χ0n) is 10.3. The van der Waals surface area contributed by atoms with Crippen LogP contribution < -0.4 is 0 Å². The van der Waals surface area contributed by atoms with E-state index in [0.29, 0.717) is 0 Å². The van der Waals surface area contributed by atoms with Crippen LogP contribution >= 0.6 is 24.4 Å². The molecule has 0 spiro atoms. The lowest BCUT2D eigenvalue weighted by atomic mass is 10.1. The van der Waals surface area contributed by atoms with E-state index in [1.165, 1.54) is 11.1 Å². The third-order valence-corrected chi connectivity index (χ3v) is 2.09. The van der Waals surface area contributed by atoms with Crippen LogP contribution in [0.25, 0.3) is 0 Å². The van der Waals surface area contributed by atoms with Crippen molar-refractivity contribution in [3.63, 3.8) is 0 Å². The van der Waals surface area contributed by atoms with Crippen molar-refractivity contribution in [2.24, 2.45) is 0 Å². The zero-order valence-corrected chi connectivity index (χ0v) is 11.9. The highest BCUT2D eigenvalue weighted by Gasteiger charge is 1.92. The number of benzene rings is 2. The molecular weight excluding hydrogens is 272 g/mol. The molecule has 2 aromatic rings. The number of hydrogen-bond acceptors (Lipinski definition) is 4. The van der Waals surface area contributed by atoms with Crippen LogP contribution in [0.5, 0.6) is 0 Å². The van der Waals surface area contributed by atoms with Crippen molar-refractivity contribution in [3.05, 3.63) is 71.8 Å². The summed E-state index contributed by atoms with van der Waals surface area (Å²) in [7, 11) is 0. The van der Waals surface area contributed by atoms with Gasteiger partial charge in [-0.15, -0.1) is 0 Å². The Labute approximate surface area is 124 Å². The third kappa shape index (κ3) is 9.72. The lowest BCUT2D eigenvalue weighted by Gasteiger charge is -2.00. The van der Waals surface area contributed by atoms with Crippen LogP contribution in [-0.2, 0) is 6.42 Å². The topological polar surface area (TPSA) is 47.7 Å². The van der Waals surface area contributed by atoms with Gasteiger partial charge in [0, 0.05) is 0 Å². The number of thiocarbonyl (C=S) groups is 2. The first-order valence-corrected chi connectivity index (χ1v) is 6.25. The van der Waals surface area contributed by atoms with Gasteiger partial charge in [0.1, 0.15) is 0 Å². The molecule has 4 heteroatoms. The van der Waals surface area contributed by atoms with Gasteiger partial charge in [-0.1, -0.05) is 60.7 Å². The Morgan fingerprint density at radius 1 is 0.684 bits per heavy atom. The van der Waals surface area contributed by atoms with Gasteiger partial charge in [0.25, 0.3) is 0 Å². The molecule has 0 radical (unpaired) electrons. The molecule has 0 atom stereocenters. The van der Waals surface area contributed by atoms with E-state index in [0.717, 1.165) is 6.42 Å². The van der Waals surface area contributed by atoms with Gasteiger partial charge in [0.15, 0.2) is 0 Å². The van der Waals surface area contributed by atoms with Gasteiger partial charge in [-0.25, -0.2) is 10.8 Å². The van der Waals surface area contributed by atoms with Crippen LogP contribution in [0.4, 0.5) is 0 Å². The Balaban J connectivity index is 0.000000465. The van der Waals surface area contributed by atoms with E-state index < -0.39 is 0 Å². The summed E-state index contributed by atoms with van der Waals surface area (Å²) in [5.74, 6) is 0. The van der Waals surface area contributed by atoms with Crippen LogP contribution in [0.3, 0.4) is 0 Å². The minimum Gasteiger partial charge on any atom is -0.248 e. The van der Waals surface area contributed by atoms with Crippen molar-refractivity contribution in [1.29, 1.82) is 10.8 Å². The zero-order chi connectivity index (χ0) is 14.3. The van der Waals surface area contributed by atoms with Gasteiger partial charge in [0.05, 0.1) is 10.3 Å². The molecule has 0 saturated heterocycles. The Hall–Kier alpha value is -1.96. The molecule has 0 aromatic heterocycles.